The molecule has 1 aliphatic heterocycles. The van der Waals surface area contributed by atoms with Crippen LogP contribution in [0.2, 0.25) is 0 Å². The molecule has 1 aromatic heterocycles. The highest BCUT2D eigenvalue weighted by Gasteiger charge is 2.30. The quantitative estimate of drug-likeness (QED) is 0.593. The Balaban J connectivity index is 1.90. The molecule has 3 aromatic rings. The fourth-order valence-corrected chi connectivity index (χ4v) is 4.46. The van der Waals surface area contributed by atoms with Crippen molar-refractivity contribution in [1.82, 2.24) is 4.57 Å². The highest BCUT2D eigenvalue weighted by molar-refractivity contribution is 7.07. The Hall–Kier alpha value is -3.58. The second kappa shape index (κ2) is 8.65. The van der Waals surface area contributed by atoms with Crippen LogP contribution in [0, 0.1) is 5.82 Å². The van der Waals surface area contributed by atoms with Crippen LogP contribution < -0.4 is 14.9 Å². The topological polar surface area (TPSA) is 60.7 Å². The van der Waals surface area contributed by atoms with Crippen LogP contribution in [0.4, 0.5) is 4.39 Å². The fourth-order valence-electron chi connectivity index (χ4n) is 3.42. The number of rotatable bonds is 4. The maximum atomic E-state index is 14.1. The van der Waals surface area contributed by atoms with Gasteiger partial charge in [-0.2, -0.15) is 0 Å². The minimum atomic E-state index is -0.688. The molecule has 4 rings (SSSR count). The number of esters is 1. The monoisotopic (exact) mass is 434 g/mol. The first-order chi connectivity index (χ1) is 15.0. The van der Waals surface area contributed by atoms with Crippen molar-refractivity contribution in [1.29, 1.82) is 0 Å². The molecule has 0 saturated heterocycles. The van der Waals surface area contributed by atoms with Gasteiger partial charge in [0.15, 0.2) is 4.80 Å². The van der Waals surface area contributed by atoms with Crippen LogP contribution in [0.5, 0.6) is 0 Å². The molecule has 0 N–H and O–H groups in total. The molecule has 31 heavy (non-hydrogen) atoms. The minimum Gasteiger partial charge on any atom is -0.466 e. The number of fused-ring (bicyclic) bond motifs is 1. The highest BCUT2D eigenvalue weighted by atomic mass is 32.1. The normalized spacial score (nSPS) is 16.4. The summed E-state index contributed by atoms with van der Waals surface area (Å²) in [4.78, 5) is 30.7. The lowest BCUT2D eigenvalue weighted by Crippen LogP contribution is -2.38. The number of allylic oxidation sites excluding steroid dienone is 2. The molecule has 0 bridgehead atoms. The Morgan fingerprint density at radius 2 is 1.87 bits per heavy atom. The second-order valence-corrected chi connectivity index (χ2v) is 7.92. The molecular formula is C24H19FN2O3S. The van der Waals surface area contributed by atoms with Gasteiger partial charge in [-0.25, -0.2) is 14.2 Å². The average molecular weight is 434 g/mol. The largest absolute Gasteiger partial charge is 0.466 e. The van der Waals surface area contributed by atoms with Gasteiger partial charge in [-0.1, -0.05) is 72.0 Å². The van der Waals surface area contributed by atoms with E-state index < -0.39 is 17.8 Å². The molecule has 0 saturated carbocycles. The summed E-state index contributed by atoms with van der Waals surface area (Å²) in [5.41, 5.74) is 1.67. The summed E-state index contributed by atoms with van der Waals surface area (Å²) in [5.74, 6) is -0.965. The lowest BCUT2D eigenvalue weighted by atomic mass is 10.0. The van der Waals surface area contributed by atoms with Crippen LogP contribution in [0.25, 0.3) is 12.2 Å². The van der Waals surface area contributed by atoms with Crippen LogP contribution >= 0.6 is 11.3 Å². The summed E-state index contributed by atoms with van der Waals surface area (Å²) < 4.78 is 20.9. The third-order valence-corrected chi connectivity index (χ3v) is 5.91. The zero-order valence-electron chi connectivity index (χ0n) is 16.9. The maximum absolute atomic E-state index is 14.1. The Morgan fingerprint density at radius 1 is 1.16 bits per heavy atom. The number of hydrogen-bond donors (Lipinski definition) is 0. The van der Waals surface area contributed by atoms with Gasteiger partial charge in [-0.05, 0) is 24.6 Å². The zero-order chi connectivity index (χ0) is 22.0. The molecule has 0 amide bonds. The minimum absolute atomic E-state index is 0.291. The van der Waals surface area contributed by atoms with Crippen molar-refractivity contribution in [3.8, 4) is 0 Å². The first-order valence-electron chi connectivity index (χ1n) is 9.58. The van der Waals surface area contributed by atoms with Gasteiger partial charge in [0, 0.05) is 5.56 Å². The van der Waals surface area contributed by atoms with Crippen LogP contribution in [0.15, 0.2) is 81.7 Å². The summed E-state index contributed by atoms with van der Waals surface area (Å²) in [5, 5.41) is 0. The van der Waals surface area contributed by atoms with E-state index >= 15 is 0 Å². The third-order valence-electron chi connectivity index (χ3n) is 4.93. The third kappa shape index (κ3) is 4.04. The zero-order valence-corrected chi connectivity index (χ0v) is 17.7. The lowest BCUT2D eigenvalue weighted by Gasteiger charge is -2.21. The van der Waals surface area contributed by atoms with E-state index in [1.54, 1.807) is 31.2 Å². The number of methoxy groups -OCH3 is 1. The van der Waals surface area contributed by atoms with Crippen LogP contribution in [0.1, 0.15) is 24.1 Å². The van der Waals surface area contributed by atoms with Crippen molar-refractivity contribution in [3.05, 3.63) is 109 Å². The number of thiazole rings is 1. The SMILES string of the molecule is COC(=O)C1=C(C)N=c2sc(=Cc3ccccc3F)c(=O)n2[C@@H]1/C=C\c1ccccc1. The molecule has 0 radical (unpaired) electrons. The maximum Gasteiger partial charge on any atom is 0.338 e. The van der Waals surface area contributed by atoms with E-state index in [0.717, 1.165) is 16.9 Å². The van der Waals surface area contributed by atoms with E-state index in [2.05, 4.69) is 4.99 Å². The first-order valence-corrected chi connectivity index (χ1v) is 10.4. The van der Waals surface area contributed by atoms with E-state index in [-0.39, 0.29) is 5.56 Å². The second-order valence-electron chi connectivity index (χ2n) is 6.91. The molecule has 0 unspecified atom stereocenters. The molecule has 0 spiro atoms. The molecule has 5 nitrogen and oxygen atoms in total. The predicted octanol–water partition coefficient (Wildman–Crippen LogP) is 3.21. The number of carbonyl (C=O) groups is 1. The van der Waals surface area contributed by atoms with Gasteiger partial charge in [0.25, 0.3) is 5.56 Å². The molecular weight excluding hydrogens is 415 g/mol. The van der Waals surface area contributed by atoms with Crippen molar-refractivity contribution >= 4 is 29.5 Å². The van der Waals surface area contributed by atoms with Crippen molar-refractivity contribution in [2.75, 3.05) is 7.11 Å². The van der Waals surface area contributed by atoms with Crippen molar-refractivity contribution < 1.29 is 13.9 Å². The van der Waals surface area contributed by atoms with Crippen LogP contribution in [0.3, 0.4) is 0 Å². The number of carbonyl (C=O) groups excluding carboxylic acids is 1. The van der Waals surface area contributed by atoms with E-state index in [9.17, 15) is 14.0 Å². The molecule has 0 fully saturated rings. The van der Waals surface area contributed by atoms with E-state index in [4.69, 9.17) is 4.74 Å². The van der Waals surface area contributed by atoms with Gasteiger partial charge < -0.3 is 4.74 Å². The molecule has 2 heterocycles. The molecule has 7 heteroatoms. The van der Waals surface area contributed by atoms with Gasteiger partial charge in [-0.15, -0.1) is 0 Å². The molecule has 2 aromatic carbocycles. The number of halogens is 1. The number of hydrogen-bond acceptors (Lipinski definition) is 5. The van der Waals surface area contributed by atoms with Crippen LogP contribution in [-0.2, 0) is 9.53 Å². The number of aromatic nitrogens is 1. The van der Waals surface area contributed by atoms with E-state index in [1.165, 1.54) is 23.8 Å². The van der Waals surface area contributed by atoms with Gasteiger partial charge in [0.2, 0.25) is 0 Å². The highest BCUT2D eigenvalue weighted by Crippen LogP contribution is 2.26. The molecule has 1 atom stereocenters. The van der Waals surface area contributed by atoms with Gasteiger partial charge in [-0.3, -0.25) is 9.36 Å². The number of nitrogens with zero attached hydrogens (tertiary/aromatic N) is 2. The van der Waals surface area contributed by atoms with Gasteiger partial charge in [0.05, 0.1) is 29.0 Å². The van der Waals surface area contributed by atoms with E-state index in [0.29, 0.717) is 26.2 Å². The molecule has 0 aliphatic carbocycles. The fraction of sp³-hybridized carbons (Fsp3) is 0.125. The lowest BCUT2D eigenvalue weighted by molar-refractivity contribution is -0.136. The number of benzene rings is 2. The summed E-state index contributed by atoms with van der Waals surface area (Å²) in [7, 11) is 1.30. The van der Waals surface area contributed by atoms with Gasteiger partial charge in [0.1, 0.15) is 5.82 Å². The first kappa shape index (κ1) is 20.7. The van der Waals surface area contributed by atoms with Crippen molar-refractivity contribution in [2.45, 2.75) is 13.0 Å². The smallest absolute Gasteiger partial charge is 0.338 e. The van der Waals surface area contributed by atoms with Crippen LogP contribution in [-0.4, -0.2) is 17.6 Å². The summed E-state index contributed by atoms with van der Waals surface area (Å²) in [6, 6.07) is 15.1. The van der Waals surface area contributed by atoms with E-state index in [1.807, 2.05) is 36.4 Å². The Morgan fingerprint density at radius 3 is 2.58 bits per heavy atom. The molecule has 1 aliphatic rings. The number of ether oxygens (including phenoxy) is 1. The Bertz CT molecular complexity index is 1380. The Labute approximate surface area is 181 Å². The van der Waals surface area contributed by atoms with Gasteiger partial charge >= 0.3 is 5.97 Å². The van der Waals surface area contributed by atoms with Crippen molar-refractivity contribution in [2.24, 2.45) is 4.99 Å². The predicted molar refractivity (Wildman–Crippen MR) is 119 cm³/mol. The molecule has 156 valence electrons. The summed E-state index contributed by atoms with van der Waals surface area (Å²) >= 11 is 1.16. The average Bonchev–Trinajstić information content (AvgIpc) is 3.08. The van der Waals surface area contributed by atoms with Crippen molar-refractivity contribution in [3.63, 3.8) is 0 Å². The standard InChI is InChI=1S/C24H19FN2O3S/c1-15-21(23(29)30-2)19(13-12-16-8-4-3-5-9-16)27-22(28)20(31-24(27)26-15)14-17-10-6-7-11-18(17)25/h3-14,19H,1-2H3/b13-12-,20-14?/t19-/m1/s1. The summed E-state index contributed by atoms with van der Waals surface area (Å²) in [6.07, 6.45) is 5.14. The summed E-state index contributed by atoms with van der Waals surface area (Å²) in [6.45, 7) is 1.71. The Kier molecular flexibility index (Phi) is 5.77.